The van der Waals surface area contributed by atoms with Crippen LogP contribution in [0.3, 0.4) is 0 Å². The molecule has 0 spiro atoms. The van der Waals surface area contributed by atoms with Gasteiger partial charge in [0, 0.05) is 13.3 Å². The fourth-order valence-electron chi connectivity index (χ4n) is 24.2. The Bertz CT molecular complexity index is 3580. The van der Waals surface area contributed by atoms with E-state index < -0.39 is 17.6 Å². The molecule has 8 aliphatic rings. The SMILES string of the molecule is CC(=O)OC1CC[C@@]2(C)C(=CC[C@@H]3[C@@H]2CC[C@]2(C)[C@@H](C(C)CCCC(C)C)CC[C@@]32C)C1.CCCC1CCC(C2CCC(c3ccc(CC(C)CC)cc3)CC2)CC1.CCCCCCC(C)OC(=O)c1ccc(OC(=O)c2ccc(OC)cc2)cc1.CCCCCCC(C)Oc1c(F)cc(C2CCC(C3CCC(CCC)CC3)CC2)cc1F. The normalized spacial score (nSPS) is 29.0. The van der Waals surface area contributed by atoms with E-state index in [0.29, 0.717) is 38.9 Å². The maximum atomic E-state index is 14.8. The van der Waals surface area contributed by atoms with Crippen LogP contribution in [0.15, 0.2) is 96.6 Å². The summed E-state index contributed by atoms with van der Waals surface area (Å²) in [5, 5.41) is 0. The smallest absolute Gasteiger partial charge is 0.343 e. The number of hydrogen-bond donors (Lipinski definition) is 0. The number of carbonyl (C=O) groups excluding carboxylic acids is 3. The number of benzene rings is 4. The molecular weight excluding hydrogens is 1460 g/mol. The summed E-state index contributed by atoms with van der Waals surface area (Å²) < 4.78 is 56.7. The molecule has 8 aliphatic carbocycles. The van der Waals surface area contributed by atoms with E-state index in [-0.39, 0.29) is 41.9 Å². The Labute approximate surface area is 718 Å². The van der Waals surface area contributed by atoms with E-state index >= 15 is 0 Å². The molecule has 0 saturated heterocycles. The average molecular weight is 1630 g/mol. The first-order valence-corrected chi connectivity index (χ1v) is 49.0. The number of ether oxygens (including phenoxy) is 5. The van der Waals surface area contributed by atoms with Gasteiger partial charge < -0.3 is 23.7 Å². The van der Waals surface area contributed by atoms with Crippen molar-refractivity contribution < 1.29 is 46.8 Å². The standard InChI is InChI=1S/C30H50O2.C29H46F2O.C26H42.C23H28O5/c1-20(2)9-8-10-21(3)25-14-17-30(7)27-12-11-23-19-24(32-22(4)31)13-16-28(23,5)26(27)15-18-29(25,30)6;1-4-6-7-8-10-21(3)32-29-27(30)19-26(20-28(29)31)25-17-15-24(16-18-25)23-13-11-22(9-5-2)12-14-23;1-4-6-21-7-11-23(12-8-21)25-15-17-26(18-16-25)24-13-9-22(10-14-24)19-20(3)5-2;1-4-5-6-7-8-17(2)27-22(24)18-11-15-21(16-12-18)28-23(25)19-9-13-20(26-3)14-10-19/h11,20-21,24-27H,8-10,12-19H2,1-7H3;19-25H,4-18H2,1-3H3;9-10,13-14,20-21,23,25-26H,4-8,11-12,15-19H2,1-3H3;9-17H,4-8H2,1-3H3/t21?,24?,25-,26+,27-,28+,29-,30+;;;/m1.../s1. The number of allylic oxidation sites excluding steroid dienone is 1. The topological polar surface area (TPSA) is 97.4 Å². The largest absolute Gasteiger partial charge is 0.497 e. The van der Waals surface area contributed by atoms with Crippen LogP contribution in [0.1, 0.15) is 423 Å². The van der Waals surface area contributed by atoms with Gasteiger partial charge in [0.2, 0.25) is 0 Å². The second-order valence-corrected chi connectivity index (χ2v) is 40.5. The van der Waals surface area contributed by atoms with Crippen LogP contribution in [0.25, 0.3) is 0 Å². The average Bonchev–Trinajstić information content (AvgIpc) is 1.48. The van der Waals surface area contributed by atoms with Gasteiger partial charge in [-0.15, -0.1) is 0 Å². The molecule has 660 valence electrons. The highest BCUT2D eigenvalue weighted by atomic mass is 19.1. The lowest BCUT2D eigenvalue weighted by molar-refractivity contribution is -0.150. The molecule has 0 amide bonds. The predicted octanol–water partition coefficient (Wildman–Crippen LogP) is 31.5. The Balaban J connectivity index is 0.000000180. The first-order chi connectivity index (χ1) is 56.7. The van der Waals surface area contributed by atoms with Crippen molar-refractivity contribution in [3.05, 3.63) is 136 Å². The van der Waals surface area contributed by atoms with Gasteiger partial charge in [0.15, 0.2) is 17.4 Å². The van der Waals surface area contributed by atoms with E-state index in [1.54, 1.807) is 85.8 Å². The van der Waals surface area contributed by atoms with E-state index in [0.717, 1.165) is 147 Å². The third-order valence-corrected chi connectivity index (χ3v) is 31.9. The molecule has 4 aromatic carbocycles. The summed E-state index contributed by atoms with van der Waals surface area (Å²) in [5.74, 6) is 10.8. The maximum absolute atomic E-state index is 14.8. The fourth-order valence-corrected chi connectivity index (χ4v) is 24.2. The number of rotatable bonds is 34. The van der Waals surface area contributed by atoms with Crippen LogP contribution in [0.2, 0.25) is 0 Å². The minimum Gasteiger partial charge on any atom is -0.497 e. The number of halogens is 2. The van der Waals surface area contributed by atoms with Crippen molar-refractivity contribution in [3.63, 3.8) is 0 Å². The van der Waals surface area contributed by atoms with Crippen LogP contribution in [0.4, 0.5) is 8.78 Å². The molecule has 7 saturated carbocycles. The van der Waals surface area contributed by atoms with Crippen LogP contribution in [-0.2, 0) is 20.7 Å². The minimum atomic E-state index is -0.531. The summed E-state index contributed by atoms with van der Waals surface area (Å²) in [4.78, 5) is 35.9. The van der Waals surface area contributed by atoms with Gasteiger partial charge in [-0.2, -0.15) is 0 Å². The Morgan fingerprint density at radius 2 is 1.00 bits per heavy atom. The number of methoxy groups -OCH3 is 1. The molecular formula is C108H166F2O8. The summed E-state index contributed by atoms with van der Waals surface area (Å²) in [6.45, 7) is 34.3. The molecule has 0 heterocycles. The van der Waals surface area contributed by atoms with E-state index in [1.807, 2.05) is 13.8 Å². The van der Waals surface area contributed by atoms with E-state index in [2.05, 4.69) is 113 Å². The van der Waals surface area contributed by atoms with Crippen molar-refractivity contribution in [2.24, 2.45) is 87.3 Å². The molecule has 4 aromatic rings. The van der Waals surface area contributed by atoms with Crippen LogP contribution in [0, 0.1) is 98.9 Å². The summed E-state index contributed by atoms with van der Waals surface area (Å²) in [6, 6.07) is 25.8. The number of esters is 3. The molecule has 0 aromatic heterocycles. The summed E-state index contributed by atoms with van der Waals surface area (Å²) in [5.41, 5.74) is 7.74. The highest BCUT2D eigenvalue weighted by Crippen LogP contribution is 2.73. The first-order valence-electron chi connectivity index (χ1n) is 49.0. The Kier molecular flexibility index (Phi) is 39.1. The molecule has 12 rings (SSSR count). The van der Waals surface area contributed by atoms with Crippen molar-refractivity contribution in [1.29, 1.82) is 0 Å². The highest BCUT2D eigenvalue weighted by Gasteiger charge is 2.65. The third kappa shape index (κ3) is 27.2. The van der Waals surface area contributed by atoms with Gasteiger partial charge >= 0.3 is 17.9 Å². The van der Waals surface area contributed by atoms with Crippen LogP contribution >= 0.6 is 0 Å². The summed E-state index contributed by atoms with van der Waals surface area (Å²) in [6.07, 6.45) is 57.9. The molecule has 0 N–H and O–H groups in total. The Morgan fingerprint density at radius 1 is 0.492 bits per heavy atom. The second kappa shape index (κ2) is 47.9. The zero-order chi connectivity index (χ0) is 84.9. The lowest BCUT2D eigenvalue weighted by Crippen LogP contribution is -2.55. The van der Waals surface area contributed by atoms with Crippen LogP contribution in [0.5, 0.6) is 17.2 Å². The monoisotopic (exact) mass is 1630 g/mol. The van der Waals surface area contributed by atoms with Crippen LogP contribution < -0.4 is 14.2 Å². The Morgan fingerprint density at radius 3 is 1.51 bits per heavy atom. The second-order valence-electron chi connectivity index (χ2n) is 40.5. The van der Waals surface area contributed by atoms with Gasteiger partial charge in [-0.25, -0.2) is 18.4 Å². The zero-order valence-electron chi connectivity index (χ0n) is 77.4. The molecule has 118 heavy (non-hydrogen) atoms. The summed E-state index contributed by atoms with van der Waals surface area (Å²) in [7, 11) is 1.56. The molecule has 0 bridgehead atoms. The van der Waals surface area contributed by atoms with Crippen molar-refractivity contribution >= 4 is 17.9 Å². The number of hydrogen-bond acceptors (Lipinski definition) is 8. The lowest BCUT2D eigenvalue weighted by Gasteiger charge is -2.63. The molecule has 0 radical (unpaired) electrons. The molecule has 7 fully saturated rings. The van der Waals surface area contributed by atoms with Gasteiger partial charge in [0.25, 0.3) is 0 Å². The fraction of sp³-hybridized carbons (Fsp3) is 0.731. The van der Waals surface area contributed by atoms with Gasteiger partial charge in [0.05, 0.1) is 30.4 Å². The number of carbonyl (C=O) groups is 3. The van der Waals surface area contributed by atoms with E-state index in [1.165, 1.54) is 217 Å². The molecule has 11 atom stereocenters. The maximum Gasteiger partial charge on any atom is 0.343 e. The molecule has 8 nitrogen and oxygen atoms in total. The summed E-state index contributed by atoms with van der Waals surface area (Å²) >= 11 is 0. The zero-order valence-corrected chi connectivity index (χ0v) is 77.4. The van der Waals surface area contributed by atoms with Crippen molar-refractivity contribution in [1.82, 2.24) is 0 Å². The van der Waals surface area contributed by atoms with E-state index in [4.69, 9.17) is 23.7 Å². The van der Waals surface area contributed by atoms with Gasteiger partial charge in [0.1, 0.15) is 17.6 Å². The number of unbranched alkanes of at least 4 members (excludes halogenated alkanes) is 6. The van der Waals surface area contributed by atoms with Crippen molar-refractivity contribution in [2.45, 2.75) is 410 Å². The van der Waals surface area contributed by atoms with Gasteiger partial charge in [-0.05, 0) is 344 Å². The highest BCUT2D eigenvalue weighted by molar-refractivity contribution is 5.92. The first kappa shape index (κ1) is 96.3. The predicted molar refractivity (Wildman–Crippen MR) is 486 cm³/mol. The molecule has 10 heteroatoms. The van der Waals surface area contributed by atoms with Crippen LogP contribution in [-0.4, -0.2) is 43.3 Å². The van der Waals surface area contributed by atoms with Crippen molar-refractivity contribution in [3.8, 4) is 17.2 Å². The number of fused-ring (bicyclic) bond motifs is 5. The lowest BCUT2D eigenvalue weighted by atomic mass is 9.42. The van der Waals surface area contributed by atoms with Gasteiger partial charge in [-0.1, -0.05) is 235 Å². The minimum absolute atomic E-state index is 0.107. The quantitative estimate of drug-likeness (QED) is 0.0197. The molecule has 5 unspecified atom stereocenters. The van der Waals surface area contributed by atoms with Crippen molar-refractivity contribution in [2.75, 3.05) is 7.11 Å². The van der Waals surface area contributed by atoms with E-state index in [9.17, 15) is 23.2 Å². The Hall–Kier alpha value is -5.51. The molecule has 0 aliphatic heterocycles. The van der Waals surface area contributed by atoms with Gasteiger partial charge in [-0.3, -0.25) is 4.79 Å². The third-order valence-electron chi connectivity index (χ3n) is 31.9.